The summed E-state index contributed by atoms with van der Waals surface area (Å²) < 4.78 is 16.2. The number of carbonyl (C=O) groups is 1. The minimum atomic E-state index is -0.641. The van der Waals surface area contributed by atoms with Gasteiger partial charge in [-0.25, -0.2) is 14.4 Å². The second kappa shape index (κ2) is 10.8. The van der Waals surface area contributed by atoms with Gasteiger partial charge in [-0.2, -0.15) is 0 Å². The largest absolute Gasteiger partial charge is 0.336 e. The third kappa shape index (κ3) is 5.41. The fourth-order valence-corrected chi connectivity index (χ4v) is 6.92. The Morgan fingerprint density at radius 3 is 2.56 bits per heavy atom. The highest BCUT2D eigenvalue weighted by atomic mass is 32.1. The van der Waals surface area contributed by atoms with E-state index in [4.69, 9.17) is 0 Å². The molecule has 1 amide bonds. The fourth-order valence-electron chi connectivity index (χ4n) is 5.62. The van der Waals surface area contributed by atoms with E-state index >= 15 is 0 Å². The van der Waals surface area contributed by atoms with Crippen LogP contribution in [0.25, 0.3) is 11.4 Å². The average Bonchev–Trinajstić information content (AvgIpc) is 3.68. The van der Waals surface area contributed by atoms with E-state index in [1.54, 1.807) is 13.2 Å². The van der Waals surface area contributed by atoms with Gasteiger partial charge >= 0.3 is 0 Å². The molecule has 1 aromatic carbocycles. The lowest BCUT2D eigenvalue weighted by molar-refractivity contribution is 0.102. The van der Waals surface area contributed by atoms with Gasteiger partial charge in [0.2, 0.25) is 0 Å². The molecule has 3 aromatic heterocycles. The molecule has 0 saturated heterocycles. The van der Waals surface area contributed by atoms with Crippen molar-refractivity contribution < 1.29 is 9.18 Å². The molecular formula is C31H33FN6O2S. The molecule has 2 bridgehead atoms. The first-order valence-corrected chi connectivity index (χ1v) is 14.7. The lowest BCUT2D eigenvalue weighted by Crippen LogP contribution is -2.25. The highest BCUT2D eigenvalue weighted by Crippen LogP contribution is 2.55. The highest BCUT2D eigenvalue weighted by Gasteiger charge is 2.39. The maximum absolute atomic E-state index is 14.8. The predicted molar refractivity (Wildman–Crippen MR) is 161 cm³/mol. The summed E-state index contributed by atoms with van der Waals surface area (Å²) >= 11 is 1.51. The van der Waals surface area contributed by atoms with Crippen LogP contribution in [0.3, 0.4) is 0 Å². The van der Waals surface area contributed by atoms with Gasteiger partial charge in [0, 0.05) is 36.4 Å². The Morgan fingerprint density at radius 2 is 1.83 bits per heavy atom. The molecule has 1 saturated carbocycles. The summed E-state index contributed by atoms with van der Waals surface area (Å²) in [5.41, 5.74) is 3.55. The molecule has 2 unspecified atom stereocenters. The molecule has 0 aliphatic heterocycles. The van der Waals surface area contributed by atoms with Crippen molar-refractivity contribution in [3.63, 3.8) is 0 Å². The number of amides is 1. The molecular weight excluding hydrogens is 539 g/mol. The summed E-state index contributed by atoms with van der Waals surface area (Å²) in [6.07, 6.45) is 5.09. The summed E-state index contributed by atoms with van der Waals surface area (Å²) in [6.45, 7) is 5.11. The number of pyridine rings is 1. The smallest absolute Gasteiger partial charge is 0.293 e. The number of halogens is 1. The Labute approximate surface area is 242 Å². The number of carbonyl (C=O) groups excluding carboxylic acids is 1. The quantitative estimate of drug-likeness (QED) is 0.260. The molecule has 212 valence electrons. The monoisotopic (exact) mass is 572 g/mol. The Balaban J connectivity index is 1.22. The summed E-state index contributed by atoms with van der Waals surface area (Å²) in [6, 6.07) is 13.0. The maximum atomic E-state index is 14.8. The first kappa shape index (κ1) is 27.3. The number of nitrogens with zero attached hydrogens (tertiary/aromatic N) is 4. The third-order valence-corrected chi connectivity index (χ3v) is 9.51. The molecule has 0 radical (unpaired) electrons. The van der Waals surface area contributed by atoms with Crippen LogP contribution in [0.15, 0.2) is 53.5 Å². The second-order valence-electron chi connectivity index (χ2n) is 11.3. The molecule has 6 rings (SSSR count). The number of thiophene rings is 1. The first-order valence-electron chi connectivity index (χ1n) is 13.9. The van der Waals surface area contributed by atoms with Crippen LogP contribution in [-0.4, -0.2) is 38.4 Å². The van der Waals surface area contributed by atoms with E-state index in [0.717, 1.165) is 17.8 Å². The highest BCUT2D eigenvalue weighted by molar-refractivity contribution is 7.14. The van der Waals surface area contributed by atoms with Gasteiger partial charge in [-0.05, 0) is 93.5 Å². The van der Waals surface area contributed by atoms with E-state index in [2.05, 4.69) is 46.4 Å². The van der Waals surface area contributed by atoms with Gasteiger partial charge in [0.25, 0.3) is 11.5 Å². The molecule has 4 aromatic rings. The summed E-state index contributed by atoms with van der Waals surface area (Å²) in [7, 11) is 3.70. The lowest BCUT2D eigenvalue weighted by Gasteiger charge is -2.21. The maximum Gasteiger partial charge on any atom is 0.293 e. The van der Waals surface area contributed by atoms with E-state index in [1.807, 2.05) is 30.3 Å². The Hall–Kier alpha value is -3.89. The van der Waals surface area contributed by atoms with Gasteiger partial charge in [0.15, 0.2) is 17.5 Å². The molecule has 2 N–H and O–H groups in total. The van der Waals surface area contributed by atoms with E-state index in [1.165, 1.54) is 57.7 Å². The second-order valence-corrected chi connectivity index (χ2v) is 12.4. The van der Waals surface area contributed by atoms with Crippen molar-refractivity contribution in [1.29, 1.82) is 0 Å². The Bertz CT molecular complexity index is 1650. The van der Waals surface area contributed by atoms with Gasteiger partial charge in [-0.3, -0.25) is 14.5 Å². The number of anilines is 3. The van der Waals surface area contributed by atoms with Crippen molar-refractivity contribution in [2.75, 3.05) is 17.7 Å². The fraction of sp³-hybridized carbons (Fsp3) is 0.355. The molecule has 2 aliphatic carbocycles. The number of aromatic nitrogens is 3. The zero-order chi connectivity index (χ0) is 28.8. The van der Waals surface area contributed by atoms with Crippen LogP contribution < -0.4 is 16.2 Å². The van der Waals surface area contributed by atoms with Crippen molar-refractivity contribution in [3.8, 4) is 11.4 Å². The van der Waals surface area contributed by atoms with E-state index in [0.29, 0.717) is 34.1 Å². The molecule has 3 heterocycles. The predicted octanol–water partition coefficient (Wildman–Crippen LogP) is 6.24. The minimum absolute atomic E-state index is 0.122. The average molecular weight is 573 g/mol. The van der Waals surface area contributed by atoms with E-state index < -0.39 is 5.82 Å². The van der Waals surface area contributed by atoms with Crippen molar-refractivity contribution in [1.82, 2.24) is 19.4 Å². The number of hydrogen-bond acceptors (Lipinski definition) is 7. The summed E-state index contributed by atoms with van der Waals surface area (Å²) in [5.74, 6) is 0.0495. The first-order chi connectivity index (χ1) is 19.7. The Kier molecular flexibility index (Phi) is 7.21. The van der Waals surface area contributed by atoms with Crippen molar-refractivity contribution in [3.05, 3.63) is 85.7 Å². The van der Waals surface area contributed by atoms with Gasteiger partial charge in [0.05, 0.1) is 10.6 Å². The van der Waals surface area contributed by atoms with E-state index in [9.17, 15) is 14.0 Å². The number of rotatable bonds is 8. The number of nitrogens with one attached hydrogen (secondary N) is 2. The lowest BCUT2D eigenvalue weighted by atomic mass is 9.99. The van der Waals surface area contributed by atoms with Crippen molar-refractivity contribution >= 4 is 34.6 Å². The number of aryl methyl sites for hydroxylation is 1. The number of fused-ring (bicyclic) bond motifs is 5. The zero-order valence-electron chi connectivity index (χ0n) is 23.6. The SMILES string of the molecule is CC(C)N(C)Cc1ccc(Nc2nc(-c3ccc(F)c(NC(=O)c4cc5c(s4)C4CCC5C4)n3)cn(C)c2=O)cc1. The molecule has 10 heteroatoms. The van der Waals surface area contributed by atoms with Crippen molar-refractivity contribution in [2.45, 2.75) is 57.5 Å². The number of hydrogen-bond donors (Lipinski definition) is 2. The third-order valence-electron chi connectivity index (χ3n) is 8.20. The molecule has 1 fully saturated rings. The molecule has 8 nitrogen and oxygen atoms in total. The minimum Gasteiger partial charge on any atom is -0.336 e. The standard InChI is InChI=1S/C31H33FN6O2S/c1-17(2)37(3)15-18-5-9-21(10-6-18)33-29-31(40)38(4)16-25(35-29)24-12-11-23(32)28(34-24)36-30(39)26-14-22-19-7-8-20(13-19)27(22)41-26/h5-6,9-12,14,16-17,19-20H,7-8,13,15H2,1-4H3,(H,33,35)(H,34,36,39). The summed E-state index contributed by atoms with van der Waals surface area (Å²) in [4.78, 5) is 38.9. The Morgan fingerprint density at radius 1 is 1.10 bits per heavy atom. The van der Waals surface area contributed by atoms with E-state index in [-0.39, 0.29) is 23.1 Å². The van der Waals surface area contributed by atoms with Crippen molar-refractivity contribution in [2.24, 2.45) is 7.05 Å². The van der Waals surface area contributed by atoms with Gasteiger partial charge in [-0.15, -0.1) is 11.3 Å². The zero-order valence-corrected chi connectivity index (χ0v) is 24.4. The van der Waals surface area contributed by atoms with Gasteiger partial charge in [-0.1, -0.05) is 12.1 Å². The molecule has 2 aliphatic rings. The van der Waals surface area contributed by atoms with Crippen LogP contribution in [-0.2, 0) is 13.6 Å². The van der Waals surface area contributed by atoms with Crippen LogP contribution in [0.1, 0.15) is 70.6 Å². The van der Waals surface area contributed by atoms with Crippen LogP contribution in [0, 0.1) is 5.82 Å². The molecule has 0 spiro atoms. The van der Waals surface area contributed by atoms with Crippen LogP contribution >= 0.6 is 11.3 Å². The van der Waals surface area contributed by atoms with Crippen LogP contribution in [0.4, 0.5) is 21.7 Å². The van der Waals surface area contributed by atoms with Gasteiger partial charge in [0.1, 0.15) is 5.69 Å². The van der Waals surface area contributed by atoms with Crippen LogP contribution in [0.2, 0.25) is 0 Å². The number of benzene rings is 1. The molecule has 41 heavy (non-hydrogen) atoms. The topological polar surface area (TPSA) is 92.2 Å². The van der Waals surface area contributed by atoms with Gasteiger partial charge < -0.3 is 15.2 Å². The normalized spacial score (nSPS) is 17.3. The van der Waals surface area contributed by atoms with Crippen LogP contribution in [0.5, 0.6) is 0 Å². The molecule has 2 atom stereocenters. The summed E-state index contributed by atoms with van der Waals surface area (Å²) in [5, 5.41) is 5.76.